The van der Waals surface area contributed by atoms with Crippen LogP contribution in [-0.4, -0.2) is 20.0 Å². The highest BCUT2D eigenvalue weighted by atomic mass is 32.1. The monoisotopic (exact) mass is 392 g/mol. The minimum Gasteiger partial charge on any atom is -0.497 e. The maximum absolute atomic E-state index is 13.2. The van der Waals surface area contributed by atoms with Gasteiger partial charge in [-0.1, -0.05) is 12.1 Å². The van der Waals surface area contributed by atoms with Crippen LogP contribution in [0.2, 0.25) is 0 Å². The maximum atomic E-state index is 13.2. The third-order valence-corrected chi connectivity index (χ3v) is 5.08. The van der Waals surface area contributed by atoms with Gasteiger partial charge in [-0.05, 0) is 48.0 Å². The average Bonchev–Trinajstić information content (AvgIpc) is 3.16. The Morgan fingerprint density at radius 2 is 1.74 bits per heavy atom. The highest BCUT2D eigenvalue weighted by molar-refractivity contribution is 7.17. The van der Waals surface area contributed by atoms with Gasteiger partial charge in [0.25, 0.3) is 0 Å². The Labute approximate surface area is 158 Å². The van der Waals surface area contributed by atoms with Crippen LogP contribution < -0.4 is 9.47 Å². The van der Waals surface area contributed by atoms with Gasteiger partial charge in [-0.15, -0.1) is 11.3 Å². The summed E-state index contributed by atoms with van der Waals surface area (Å²) >= 11 is 1.14. The zero-order valence-electron chi connectivity index (χ0n) is 14.5. The molecule has 0 aliphatic carbocycles. The number of thiophene rings is 1. The number of hydrogen-bond acceptors (Lipinski definition) is 4. The highest BCUT2D eigenvalue weighted by Gasteiger charge is 2.34. The van der Waals surface area contributed by atoms with Crippen LogP contribution in [0.25, 0.3) is 10.4 Å². The van der Waals surface area contributed by atoms with E-state index in [4.69, 9.17) is 9.47 Å². The van der Waals surface area contributed by atoms with Crippen LogP contribution in [0.1, 0.15) is 20.8 Å². The number of methoxy groups -OCH3 is 2. The molecule has 1 aromatic heterocycles. The maximum Gasteiger partial charge on any atom is 0.419 e. The standard InChI is InChI=1S/C20H15F3O3S/c1-25-14-5-3-4-13(10-14)19(24)18-9-8-17(27-18)12-6-7-16(26-2)15(11-12)20(21,22)23/h3-11H,1-2H3. The number of ketones is 1. The number of halogens is 3. The lowest BCUT2D eigenvalue weighted by molar-refractivity contribution is -0.138. The van der Waals surface area contributed by atoms with Gasteiger partial charge in [0.2, 0.25) is 5.78 Å². The smallest absolute Gasteiger partial charge is 0.419 e. The molecule has 0 bridgehead atoms. The van der Waals surface area contributed by atoms with Crippen molar-refractivity contribution in [3.05, 3.63) is 70.6 Å². The molecule has 0 unspecified atom stereocenters. The molecule has 0 radical (unpaired) electrons. The molecule has 3 aromatic rings. The summed E-state index contributed by atoms with van der Waals surface area (Å²) in [5.74, 6) is 0.104. The van der Waals surface area contributed by atoms with Crippen molar-refractivity contribution in [1.82, 2.24) is 0 Å². The molecule has 0 aliphatic heterocycles. The van der Waals surface area contributed by atoms with Crippen LogP contribution >= 0.6 is 11.3 Å². The summed E-state index contributed by atoms with van der Waals surface area (Å²) in [4.78, 5) is 13.6. The van der Waals surface area contributed by atoms with Crippen molar-refractivity contribution < 1.29 is 27.4 Å². The second-order valence-corrected chi connectivity index (χ2v) is 6.72. The predicted octanol–water partition coefficient (Wildman–Crippen LogP) is 5.68. The lowest BCUT2D eigenvalue weighted by Crippen LogP contribution is -2.07. The average molecular weight is 392 g/mol. The summed E-state index contributed by atoms with van der Waals surface area (Å²) in [5.41, 5.74) is -0.0251. The number of alkyl halides is 3. The number of benzene rings is 2. The van der Waals surface area contributed by atoms with Gasteiger partial charge in [-0.3, -0.25) is 4.79 Å². The Morgan fingerprint density at radius 3 is 2.41 bits per heavy atom. The molecule has 3 rings (SSSR count). The van der Waals surface area contributed by atoms with Crippen molar-refractivity contribution in [2.45, 2.75) is 6.18 Å². The molecule has 0 saturated heterocycles. The van der Waals surface area contributed by atoms with Crippen LogP contribution in [0.5, 0.6) is 11.5 Å². The van der Waals surface area contributed by atoms with Crippen molar-refractivity contribution in [3.8, 4) is 21.9 Å². The van der Waals surface area contributed by atoms with E-state index in [-0.39, 0.29) is 11.5 Å². The summed E-state index contributed by atoms with van der Waals surface area (Å²) < 4.78 is 49.6. The zero-order valence-corrected chi connectivity index (χ0v) is 15.3. The zero-order chi connectivity index (χ0) is 19.6. The molecule has 27 heavy (non-hydrogen) atoms. The molecule has 0 saturated carbocycles. The largest absolute Gasteiger partial charge is 0.497 e. The predicted molar refractivity (Wildman–Crippen MR) is 97.7 cm³/mol. The molecular formula is C20H15F3O3S. The van der Waals surface area contributed by atoms with E-state index in [2.05, 4.69) is 0 Å². The van der Waals surface area contributed by atoms with E-state index in [1.165, 1.54) is 20.3 Å². The SMILES string of the molecule is COc1cccc(C(=O)c2ccc(-c3ccc(OC)c(C(F)(F)F)c3)s2)c1. The lowest BCUT2D eigenvalue weighted by Gasteiger charge is -2.12. The number of rotatable bonds is 5. The topological polar surface area (TPSA) is 35.5 Å². The fraction of sp³-hybridized carbons (Fsp3) is 0.150. The van der Waals surface area contributed by atoms with E-state index in [1.54, 1.807) is 42.5 Å². The normalized spacial score (nSPS) is 11.3. The van der Waals surface area contributed by atoms with Crippen molar-refractivity contribution in [1.29, 1.82) is 0 Å². The third kappa shape index (κ3) is 3.98. The summed E-state index contributed by atoms with van der Waals surface area (Å²) in [6.07, 6.45) is -4.53. The van der Waals surface area contributed by atoms with Gasteiger partial charge in [0.1, 0.15) is 11.5 Å². The van der Waals surface area contributed by atoms with Crippen molar-refractivity contribution in [2.24, 2.45) is 0 Å². The van der Waals surface area contributed by atoms with E-state index < -0.39 is 11.7 Å². The number of carbonyl (C=O) groups excluding carboxylic acids is 1. The molecule has 0 fully saturated rings. The summed E-state index contributed by atoms with van der Waals surface area (Å²) in [6.45, 7) is 0. The van der Waals surface area contributed by atoms with Gasteiger partial charge >= 0.3 is 6.18 Å². The first-order valence-corrected chi connectivity index (χ1v) is 8.69. The molecule has 0 aliphatic rings. The first kappa shape index (κ1) is 19.0. The van der Waals surface area contributed by atoms with Crippen LogP contribution in [0.15, 0.2) is 54.6 Å². The molecule has 140 valence electrons. The summed E-state index contributed by atoms with van der Waals surface area (Å²) in [5, 5.41) is 0. The van der Waals surface area contributed by atoms with Gasteiger partial charge in [0.15, 0.2) is 0 Å². The molecule has 0 atom stereocenters. The molecule has 3 nitrogen and oxygen atoms in total. The number of carbonyl (C=O) groups is 1. The molecular weight excluding hydrogens is 377 g/mol. The molecule has 0 N–H and O–H groups in total. The molecule has 1 heterocycles. The van der Waals surface area contributed by atoms with Gasteiger partial charge in [0.05, 0.1) is 24.7 Å². The molecule has 7 heteroatoms. The van der Waals surface area contributed by atoms with Crippen LogP contribution in [0, 0.1) is 0 Å². The lowest BCUT2D eigenvalue weighted by atomic mass is 10.1. The number of ether oxygens (including phenoxy) is 2. The second-order valence-electron chi connectivity index (χ2n) is 5.64. The van der Waals surface area contributed by atoms with Gasteiger partial charge < -0.3 is 9.47 Å². The number of hydrogen-bond donors (Lipinski definition) is 0. The van der Waals surface area contributed by atoms with E-state index >= 15 is 0 Å². The van der Waals surface area contributed by atoms with Crippen LogP contribution in [0.3, 0.4) is 0 Å². The first-order chi connectivity index (χ1) is 12.8. The Balaban J connectivity index is 1.95. The Morgan fingerprint density at radius 1 is 0.963 bits per heavy atom. The minimum absolute atomic E-state index is 0.213. The Kier molecular flexibility index (Phi) is 5.23. The quantitative estimate of drug-likeness (QED) is 0.524. The Hall–Kier alpha value is -2.80. The van der Waals surface area contributed by atoms with Crippen molar-refractivity contribution >= 4 is 17.1 Å². The second kappa shape index (κ2) is 7.44. The van der Waals surface area contributed by atoms with Crippen LogP contribution in [0.4, 0.5) is 13.2 Å². The third-order valence-electron chi connectivity index (χ3n) is 3.95. The van der Waals surface area contributed by atoms with E-state index in [0.29, 0.717) is 26.6 Å². The Bertz CT molecular complexity index is 977. The van der Waals surface area contributed by atoms with Gasteiger partial charge in [-0.2, -0.15) is 13.2 Å². The van der Waals surface area contributed by atoms with Gasteiger partial charge in [0, 0.05) is 10.4 Å². The van der Waals surface area contributed by atoms with E-state index in [1.807, 2.05) is 0 Å². The highest BCUT2D eigenvalue weighted by Crippen LogP contribution is 2.40. The summed E-state index contributed by atoms with van der Waals surface area (Å²) in [6, 6.07) is 13.8. The van der Waals surface area contributed by atoms with E-state index in [0.717, 1.165) is 17.4 Å². The molecule has 2 aromatic carbocycles. The fourth-order valence-electron chi connectivity index (χ4n) is 2.60. The van der Waals surface area contributed by atoms with Crippen LogP contribution in [-0.2, 0) is 6.18 Å². The summed E-state index contributed by atoms with van der Waals surface area (Å²) in [7, 11) is 2.70. The van der Waals surface area contributed by atoms with E-state index in [9.17, 15) is 18.0 Å². The first-order valence-electron chi connectivity index (χ1n) is 7.87. The van der Waals surface area contributed by atoms with Gasteiger partial charge in [-0.25, -0.2) is 0 Å². The fourth-order valence-corrected chi connectivity index (χ4v) is 3.57. The molecule has 0 amide bonds. The minimum atomic E-state index is -4.53. The molecule has 0 spiro atoms. The van der Waals surface area contributed by atoms with Crippen molar-refractivity contribution in [2.75, 3.05) is 14.2 Å². The van der Waals surface area contributed by atoms with Crippen molar-refractivity contribution in [3.63, 3.8) is 0 Å².